The molecule has 4 aromatic carbocycles. The van der Waals surface area contributed by atoms with Gasteiger partial charge in [0.2, 0.25) is 0 Å². The van der Waals surface area contributed by atoms with Crippen LogP contribution in [0, 0.1) is 11.7 Å². The molecule has 1 aliphatic rings. The molecule has 0 amide bonds. The first-order chi connectivity index (χ1) is 18.1. The average molecular weight is 492 g/mol. The molecule has 5 heteroatoms. The highest BCUT2D eigenvalue weighted by atomic mass is 19.1. The first kappa shape index (κ1) is 23.0. The van der Waals surface area contributed by atoms with Crippen LogP contribution in [0.3, 0.4) is 0 Å². The maximum atomic E-state index is 15.3. The van der Waals surface area contributed by atoms with Gasteiger partial charge in [0, 0.05) is 16.5 Å². The highest BCUT2D eigenvalue weighted by Gasteiger charge is 2.31. The molecular formula is C32H26FNO3. The Labute approximate surface area is 214 Å². The van der Waals surface area contributed by atoms with Crippen LogP contribution in [-0.4, -0.2) is 22.2 Å². The topological polar surface area (TPSA) is 51.5 Å². The monoisotopic (exact) mass is 491 g/mol. The molecule has 0 aliphatic heterocycles. The summed E-state index contributed by atoms with van der Waals surface area (Å²) < 4.78 is 23.1. The Morgan fingerprint density at radius 1 is 0.919 bits per heavy atom. The van der Waals surface area contributed by atoms with Gasteiger partial charge in [0.15, 0.2) is 0 Å². The van der Waals surface area contributed by atoms with E-state index in [9.17, 15) is 9.90 Å². The number of rotatable bonds is 8. The van der Waals surface area contributed by atoms with E-state index in [1.54, 1.807) is 22.8 Å². The van der Waals surface area contributed by atoms with Crippen molar-refractivity contribution in [2.45, 2.75) is 18.9 Å². The van der Waals surface area contributed by atoms with E-state index in [2.05, 4.69) is 0 Å². The summed E-state index contributed by atoms with van der Waals surface area (Å²) in [6, 6.07) is 30.6. The number of aromatic nitrogens is 1. The standard InChI is InChI=1S/C32H26FNO3/c33-27-15-6-4-13-25(27)30(22-9-2-1-3-10-22)34-28-16-7-5-14-26(28)29(31(34)32(35)36)23-11-8-12-24(19-23)37-20-21-17-18-21/h1-16,19,21,30H,17-18,20H2,(H,35,36). The van der Waals surface area contributed by atoms with Crippen molar-refractivity contribution in [3.63, 3.8) is 0 Å². The van der Waals surface area contributed by atoms with Crippen molar-refractivity contribution in [2.24, 2.45) is 5.92 Å². The lowest BCUT2D eigenvalue weighted by molar-refractivity contribution is 0.0686. The number of carbonyl (C=O) groups is 1. The number of para-hydroxylation sites is 1. The van der Waals surface area contributed by atoms with Crippen molar-refractivity contribution in [2.75, 3.05) is 6.61 Å². The molecule has 6 rings (SSSR count). The maximum absolute atomic E-state index is 15.3. The minimum Gasteiger partial charge on any atom is -0.493 e. The fraction of sp³-hybridized carbons (Fsp3) is 0.156. The lowest BCUT2D eigenvalue weighted by atomic mass is 9.97. The van der Waals surface area contributed by atoms with Gasteiger partial charge in [0.25, 0.3) is 0 Å². The molecule has 37 heavy (non-hydrogen) atoms. The summed E-state index contributed by atoms with van der Waals surface area (Å²) in [5.74, 6) is -0.144. The Morgan fingerprint density at radius 3 is 2.41 bits per heavy atom. The fourth-order valence-electron chi connectivity index (χ4n) is 5.07. The van der Waals surface area contributed by atoms with Crippen LogP contribution in [0.25, 0.3) is 22.0 Å². The predicted octanol–water partition coefficient (Wildman–Crippen LogP) is 7.57. The van der Waals surface area contributed by atoms with Crippen molar-refractivity contribution in [1.82, 2.24) is 4.57 Å². The Bertz CT molecular complexity index is 1590. The zero-order chi connectivity index (χ0) is 25.4. The van der Waals surface area contributed by atoms with Gasteiger partial charge in [0.1, 0.15) is 17.3 Å². The first-order valence-electron chi connectivity index (χ1n) is 12.5. The molecule has 184 valence electrons. The molecule has 0 radical (unpaired) electrons. The number of nitrogens with zero attached hydrogens (tertiary/aromatic N) is 1. The van der Waals surface area contributed by atoms with Crippen molar-refractivity contribution in [3.8, 4) is 16.9 Å². The second-order valence-electron chi connectivity index (χ2n) is 9.53. The number of fused-ring (bicyclic) bond motifs is 1. The summed E-state index contributed by atoms with van der Waals surface area (Å²) in [6.07, 6.45) is 2.38. The minimum atomic E-state index is -1.08. The van der Waals surface area contributed by atoms with Crippen molar-refractivity contribution >= 4 is 16.9 Å². The van der Waals surface area contributed by atoms with E-state index in [4.69, 9.17) is 4.74 Å². The van der Waals surface area contributed by atoms with Gasteiger partial charge in [0.05, 0.1) is 18.2 Å². The Balaban J connectivity index is 1.62. The van der Waals surface area contributed by atoms with Crippen molar-refractivity contribution < 1.29 is 19.0 Å². The van der Waals surface area contributed by atoms with Crippen LogP contribution < -0.4 is 4.74 Å². The first-order valence-corrected chi connectivity index (χ1v) is 12.5. The van der Waals surface area contributed by atoms with E-state index in [-0.39, 0.29) is 11.5 Å². The van der Waals surface area contributed by atoms with E-state index >= 15 is 4.39 Å². The molecule has 1 heterocycles. The summed E-state index contributed by atoms with van der Waals surface area (Å²) in [5.41, 5.74) is 3.38. The maximum Gasteiger partial charge on any atom is 0.353 e. The summed E-state index contributed by atoms with van der Waals surface area (Å²) in [4.78, 5) is 13.0. The summed E-state index contributed by atoms with van der Waals surface area (Å²) >= 11 is 0. The zero-order valence-corrected chi connectivity index (χ0v) is 20.2. The van der Waals surface area contributed by atoms with E-state index in [1.165, 1.54) is 18.9 Å². The number of benzene rings is 4. The molecule has 0 saturated heterocycles. The lowest BCUT2D eigenvalue weighted by Crippen LogP contribution is -2.19. The number of carboxylic acid groups (broad SMARTS) is 1. The largest absolute Gasteiger partial charge is 0.493 e. The third-order valence-electron chi connectivity index (χ3n) is 6.99. The molecule has 1 unspecified atom stereocenters. The highest BCUT2D eigenvalue weighted by molar-refractivity contribution is 6.08. The van der Waals surface area contributed by atoms with E-state index in [1.807, 2.05) is 78.9 Å². The predicted molar refractivity (Wildman–Crippen MR) is 143 cm³/mol. The molecule has 1 saturated carbocycles. The molecule has 0 spiro atoms. The van der Waals surface area contributed by atoms with Gasteiger partial charge in [-0.1, -0.05) is 78.9 Å². The summed E-state index contributed by atoms with van der Waals surface area (Å²) in [5, 5.41) is 11.4. The normalized spacial score (nSPS) is 14.0. The SMILES string of the molecule is O=C(O)c1c(-c2cccc(OCC3CC3)c2)c2ccccc2n1C(c1ccccc1)c1ccccc1F. The quantitative estimate of drug-likeness (QED) is 0.244. The molecule has 0 bridgehead atoms. The van der Waals surface area contributed by atoms with Crippen LogP contribution in [0.4, 0.5) is 4.39 Å². The van der Waals surface area contributed by atoms with E-state index < -0.39 is 12.0 Å². The van der Waals surface area contributed by atoms with Gasteiger partial charge >= 0.3 is 5.97 Å². The summed E-state index contributed by atoms with van der Waals surface area (Å²) in [6.45, 7) is 0.667. The van der Waals surface area contributed by atoms with Gasteiger partial charge in [-0.3, -0.25) is 0 Å². The van der Waals surface area contributed by atoms with Crippen LogP contribution >= 0.6 is 0 Å². The second kappa shape index (κ2) is 9.58. The number of carboxylic acids is 1. The molecule has 1 aromatic heterocycles. The Morgan fingerprint density at radius 2 is 1.65 bits per heavy atom. The Kier molecular flexibility index (Phi) is 5.97. The third kappa shape index (κ3) is 4.38. The van der Waals surface area contributed by atoms with Gasteiger partial charge in [-0.25, -0.2) is 9.18 Å². The zero-order valence-electron chi connectivity index (χ0n) is 20.2. The van der Waals surface area contributed by atoms with Crippen LogP contribution in [0.5, 0.6) is 5.75 Å². The van der Waals surface area contributed by atoms with Gasteiger partial charge in [-0.15, -0.1) is 0 Å². The Hall–Kier alpha value is -4.38. The molecule has 1 aliphatic carbocycles. The molecule has 1 N–H and O–H groups in total. The number of hydrogen-bond donors (Lipinski definition) is 1. The smallest absolute Gasteiger partial charge is 0.353 e. The van der Waals surface area contributed by atoms with Gasteiger partial charge in [-0.05, 0) is 54.2 Å². The van der Waals surface area contributed by atoms with E-state index in [0.29, 0.717) is 29.4 Å². The number of ether oxygens (including phenoxy) is 1. The van der Waals surface area contributed by atoms with Crippen LogP contribution in [0.2, 0.25) is 0 Å². The number of hydrogen-bond acceptors (Lipinski definition) is 2. The second-order valence-corrected chi connectivity index (χ2v) is 9.53. The van der Waals surface area contributed by atoms with E-state index in [0.717, 1.165) is 22.0 Å². The van der Waals surface area contributed by atoms with Gasteiger partial charge in [-0.2, -0.15) is 0 Å². The minimum absolute atomic E-state index is 0.109. The van der Waals surface area contributed by atoms with Crippen LogP contribution in [0.1, 0.15) is 40.5 Å². The van der Waals surface area contributed by atoms with Gasteiger partial charge < -0.3 is 14.4 Å². The highest BCUT2D eigenvalue weighted by Crippen LogP contribution is 2.42. The number of aromatic carboxylic acids is 1. The molecule has 1 atom stereocenters. The summed E-state index contributed by atoms with van der Waals surface area (Å²) in [7, 11) is 0. The average Bonchev–Trinajstić information content (AvgIpc) is 3.70. The van der Waals surface area contributed by atoms with Crippen LogP contribution in [-0.2, 0) is 0 Å². The van der Waals surface area contributed by atoms with Crippen molar-refractivity contribution in [3.05, 3.63) is 126 Å². The van der Waals surface area contributed by atoms with Crippen LogP contribution in [0.15, 0.2) is 103 Å². The molecular weight excluding hydrogens is 465 g/mol. The third-order valence-corrected chi connectivity index (χ3v) is 6.99. The lowest BCUT2D eigenvalue weighted by Gasteiger charge is -2.24. The number of halogens is 1. The molecule has 1 fully saturated rings. The van der Waals surface area contributed by atoms with Crippen molar-refractivity contribution in [1.29, 1.82) is 0 Å². The fourth-order valence-corrected chi connectivity index (χ4v) is 5.07. The molecule has 4 nitrogen and oxygen atoms in total. The molecule has 5 aromatic rings.